The summed E-state index contributed by atoms with van der Waals surface area (Å²) < 4.78 is 5.35. The smallest absolute Gasteiger partial charge is 0.180 e. The summed E-state index contributed by atoms with van der Waals surface area (Å²) in [5.74, 6) is 0. The van der Waals surface area contributed by atoms with Crippen LogP contribution in [0.4, 0.5) is 0 Å². The quantitative estimate of drug-likeness (QED) is 0.120. The molecule has 4 heterocycles. The van der Waals surface area contributed by atoms with Crippen LogP contribution in [0.5, 0.6) is 0 Å². The van der Waals surface area contributed by atoms with Crippen LogP contribution in [0, 0.1) is 0 Å². The van der Waals surface area contributed by atoms with E-state index in [4.69, 9.17) is 0 Å². The molecule has 4 aromatic heterocycles. The van der Waals surface area contributed by atoms with Gasteiger partial charge in [-0.15, -0.1) is 0 Å². The van der Waals surface area contributed by atoms with E-state index in [1.165, 1.54) is 130 Å². The number of fused-ring (bicyclic) bond motifs is 12. The highest BCUT2D eigenvalue weighted by atomic mass is 28.3. The van der Waals surface area contributed by atoms with Gasteiger partial charge < -0.3 is 8.80 Å². The normalized spacial score (nSPS) is 13.5. The van der Waals surface area contributed by atoms with E-state index in [1.807, 2.05) is 0 Å². The number of hydrogen-bond acceptors (Lipinski definition) is 0. The zero-order valence-electron chi connectivity index (χ0n) is 44.7. The van der Waals surface area contributed by atoms with Crippen molar-refractivity contribution in [2.24, 2.45) is 0 Å². The van der Waals surface area contributed by atoms with Crippen molar-refractivity contribution >= 4 is 105 Å². The lowest BCUT2D eigenvalue weighted by molar-refractivity contribution is 0.590. The van der Waals surface area contributed by atoms with Crippen LogP contribution >= 0.6 is 0 Å². The molecular weight excluding hydrogens is 897 g/mol. The summed E-state index contributed by atoms with van der Waals surface area (Å²) in [6.07, 6.45) is 0. The fourth-order valence-corrected chi connectivity index (χ4v) is 17.8. The summed E-state index contributed by atoms with van der Waals surface area (Å²) >= 11 is 0. The number of hydrogen-bond donors (Lipinski definition) is 0. The lowest BCUT2D eigenvalue weighted by atomic mass is 9.83. The minimum Gasteiger partial charge on any atom is -0.308 e. The molecule has 0 aliphatic rings. The van der Waals surface area contributed by atoms with Crippen LogP contribution in [-0.2, 0) is 21.7 Å². The zero-order chi connectivity index (χ0) is 50.7. The van der Waals surface area contributed by atoms with E-state index in [1.54, 1.807) is 0 Å². The lowest BCUT2D eigenvalue weighted by Gasteiger charge is -2.36. The predicted molar refractivity (Wildman–Crippen MR) is 320 cm³/mol. The van der Waals surface area contributed by atoms with Gasteiger partial charge in [0.25, 0.3) is 0 Å². The maximum atomic E-state index is 2.70. The van der Waals surface area contributed by atoms with Gasteiger partial charge in [0, 0.05) is 48.7 Å². The average Bonchev–Trinajstić information content (AvgIpc) is 4.09. The zero-order valence-corrected chi connectivity index (χ0v) is 45.7. The lowest BCUT2D eigenvalue weighted by Crippen LogP contribution is -2.75. The standard InChI is InChI=1S/C70H66N2Si/c1-67(2,3)43-32-34-58-51(36-43)54-39-46(70(10,11)12)41-57-62-60(71(58)65(54)57)42-56-55-40-45(69(7,8)9)38-53-52-37-44(68(4,5)6)33-35-59(52)72(64(53)55)66(56)63(62)50-30-22-23-31-61(50)73(47-24-16-13-17-25-47,48-26-18-14-19-27-48)49-28-20-15-21-29-49/h13-42H,1-12H3. The summed E-state index contributed by atoms with van der Waals surface area (Å²) in [6.45, 7) is 28.3. The van der Waals surface area contributed by atoms with Crippen molar-refractivity contribution in [3.8, 4) is 11.1 Å². The van der Waals surface area contributed by atoms with Gasteiger partial charge in [-0.2, -0.15) is 0 Å². The van der Waals surface area contributed by atoms with E-state index >= 15 is 0 Å². The maximum absolute atomic E-state index is 3.09. The molecule has 0 aliphatic heterocycles. The van der Waals surface area contributed by atoms with E-state index in [2.05, 4.69) is 274 Å². The first-order valence-electron chi connectivity index (χ1n) is 26.5. The summed E-state index contributed by atoms with van der Waals surface area (Å²) in [5.41, 5.74) is 15.6. The number of benzene rings is 9. The highest BCUT2D eigenvalue weighted by Crippen LogP contribution is 2.52. The van der Waals surface area contributed by atoms with Gasteiger partial charge in [-0.3, -0.25) is 0 Å². The van der Waals surface area contributed by atoms with Crippen LogP contribution in [0.3, 0.4) is 0 Å². The SMILES string of the molecule is CC(C)(C)c1ccc2c(c1)c1cc(C(C)(C)C)cc3c4c(-c5ccccc5[Si](c5ccccc5)(c5ccccc5)c5ccccc5)c5c(cc4n2c13)c1cc(C(C)(C)C)cc2c3cc(C(C)(C)C)ccc3n5c21. The third-order valence-electron chi connectivity index (χ3n) is 16.7. The summed E-state index contributed by atoms with van der Waals surface area (Å²) in [7, 11) is -3.09. The minimum atomic E-state index is -3.09. The second-order valence-electron chi connectivity index (χ2n) is 25.4. The van der Waals surface area contributed by atoms with Gasteiger partial charge in [0.15, 0.2) is 8.07 Å². The monoisotopic (exact) mass is 962 g/mol. The van der Waals surface area contributed by atoms with Gasteiger partial charge in [0.2, 0.25) is 0 Å². The van der Waals surface area contributed by atoms with E-state index < -0.39 is 8.07 Å². The van der Waals surface area contributed by atoms with Crippen molar-refractivity contribution in [1.82, 2.24) is 8.80 Å². The van der Waals surface area contributed by atoms with Gasteiger partial charge in [-0.05, 0) is 125 Å². The highest BCUT2D eigenvalue weighted by Gasteiger charge is 2.44. The Morgan fingerprint density at radius 3 is 1.14 bits per heavy atom. The van der Waals surface area contributed by atoms with Crippen molar-refractivity contribution in [2.45, 2.75) is 105 Å². The molecule has 0 bridgehead atoms. The summed E-state index contributed by atoms with van der Waals surface area (Å²) in [4.78, 5) is 0. The predicted octanol–water partition coefficient (Wildman–Crippen LogP) is 16.2. The molecule has 0 aliphatic carbocycles. The van der Waals surface area contributed by atoms with Crippen LogP contribution in [0.15, 0.2) is 182 Å². The van der Waals surface area contributed by atoms with Crippen LogP contribution in [0.2, 0.25) is 0 Å². The molecule has 0 saturated carbocycles. The first kappa shape index (κ1) is 45.6. The molecule has 0 radical (unpaired) electrons. The maximum Gasteiger partial charge on any atom is 0.180 e. The Kier molecular flexibility index (Phi) is 9.64. The molecule has 0 spiro atoms. The third-order valence-corrected chi connectivity index (χ3v) is 21.6. The molecule has 13 rings (SSSR count). The molecule has 0 saturated heterocycles. The first-order valence-corrected chi connectivity index (χ1v) is 28.5. The minimum absolute atomic E-state index is 0.00631. The Labute approximate surface area is 431 Å². The van der Waals surface area contributed by atoms with Crippen LogP contribution in [-0.4, -0.2) is 16.9 Å². The van der Waals surface area contributed by atoms with Gasteiger partial charge in [-0.25, -0.2) is 0 Å². The van der Waals surface area contributed by atoms with Gasteiger partial charge in [-0.1, -0.05) is 210 Å². The molecule has 0 unspecified atom stereocenters. The second-order valence-corrected chi connectivity index (χ2v) is 29.2. The van der Waals surface area contributed by atoms with Crippen molar-refractivity contribution in [3.05, 3.63) is 204 Å². The van der Waals surface area contributed by atoms with Crippen molar-refractivity contribution in [1.29, 1.82) is 0 Å². The summed E-state index contributed by atoms with van der Waals surface area (Å²) in [6, 6.07) is 71.5. The van der Waals surface area contributed by atoms with Crippen molar-refractivity contribution in [3.63, 3.8) is 0 Å². The Bertz CT molecular complexity index is 4210. The molecular formula is C70H66N2Si. The van der Waals surface area contributed by atoms with E-state index in [-0.39, 0.29) is 21.7 Å². The van der Waals surface area contributed by atoms with Gasteiger partial charge in [0.1, 0.15) is 0 Å². The Morgan fingerprint density at radius 2 is 0.671 bits per heavy atom. The Morgan fingerprint density at radius 1 is 0.301 bits per heavy atom. The van der Waals surface area contributed by atoms with Gasteiger partial charge >= 0.3 is 0 Å². The second kappa shape index (κ2) is 15.4. The molecule has 0 fully saturated rings. The van der Waals surface area contributed by atoms with Crippen LogP contribution < -0.4 is 20.7 Å². The van der Waals surface area contributed by atoms with Crippen LogP contribution in [0.1, 0.15) is 105 Å². The molecule has 0 atom stereocenters. The van der Waals surface area contributed by atoms with Crippen LogP contribution in [0.25, 0.3) is 87.3 Å². The van der Waals surface area contributed by atoms with Crippen molar-refractivity contribution in [2.75, 3.05) is 0 Å². The van der Waals surface area contributed by atoms with Gasteiger partial charge in [0.05, 0.1) is 33.1 Å². The summed E-state index contributed by atoms with van der Waals surface area (Å²) in [5, 5.41) is 16.1. The van der Waals surface area contributed by atoms with E-state index in [0.717, 1.165) is 0 Å². The molecule has 13 aromatic rings. The third kappa shape index (κ3) is 6.53. The van der Waals surface area contributed by atoms with Crippen molar-refractivity contribution < 1.29 is 0 Å². The largest absolute Gasteiger partial charge is 0.308 e. The molecule has 360 valence electrons. The average molecular weight is 963 g/mol. The van der Waals surface area contributed by atoms with E-state index in [0.29, 0.717) is 0 Å². The molecule has 9 aromatic carbocycles. The topological polar surface area (TPSA) is 8.82 Å². The first-order chi connectivity index (χ1) is 34.8. The Hall–Kier alpha value is -7.20. The number of aromatic nitrogens is 2. The Balaban J connectivity index is 1.33. The molecule has 3 heteroatoms. The molecule has 73 heavy (non-hydrogen) atoms. The number of rotatable bonds is 5. The fourth-order valence-electron chi connectivity index (χ4n) is 12.8. The molecule has 2 nitrogen and oxygen atoms in total. The number of nitrogens with zero attached hydrogens (tertiary/aromatic N) is 2. The highest BCUT2D eigenvalue weighted by molar-refractivity contribution is 7.20. The fraction of sp³-hybridized carbons (Fsp3) is 0.229. The molecule has 0 amide bonds. The molecule has 0 N–H and O–H groups in total. The van der Waals surface area contributed by atoms with E-state index in [9.17, 15) is 0 Å².